The number of hydrogen-bond acceptors (Lipinski definition) is 4. The minimum atomic E-state index is -0.361. The van der Waals surface area contributed by atoms with Gasteiger partial charge in [-0.05, 0) is 26.2 Å². The quantitative estimate of drug-likeness (QED) is 0.687. The normalized spacial score (nSPS) is 15.7. The van der Waals surface area contributed by atoms with Crippen LogP contribution >= 0.6 is 0 Å². The molecule has 0 bridgehead atoms. The van der Waals surface area contributed by atoms with Crippen molar-refractivity contribution in [3.8, 4) is 0 Å². The van der Waals surface area contributed by atoms with Gasteiger partial charge in [0.15, 0.2) is 0 Å². The Labute approximate surface area is 126 Å². The van der Waals surface area contributed by atoms with Gasteiger partial charge in [0, 0.05) is 32.5 Å². The predicted octanol–water partition coefficient (Wildman–Crippen LogP) is 1.05. The lowest BCUT2D eigenvalue weighted by atomic mass is 9.95. The highest BCUT2D eigenvalue weighted by Crippen LogP contribution is 2.20. The van der Waals surface area contributed by atoms with Gasteiger partial charge in [0.1, 0.15) is 6.54 Å². The summed E-state index contributed by atoms with van der Waals surface area (Å²) in [5.41, 5.74) is 0. The van der Waals surface area contributed by atoms with Gasteiger partial charge in [0.25, 0.3) is 0 Å². The van der Waals surface area contributed by atoms with Crippen LogP contribution in [0.25, 0.3) is 0 Å². The molecule has 120 valence electrons. The van der Waals surface area contributed by atoms with Crippen LogP contribution < -0.4 is 0 Å². The number of rotatable bonds is 6. The molecule has 0 aromatic heterocycles. The van der Waals surface area contributed by atoms with E-state index in [1.165, 1.54) is 0 Å². The molecule has 0 aliphatic carbocycles. The van der Waals surface area contributed by atoms with E-state index in [2.05, 4.69) is 0 Å². The van der Waals surface area contributed by atoms with E-state index in [1.54, 1.807) is 23.6 Å². The summed E-state index contributed by atoms with van der Waals surface area (Å²) >= 11 is 0. The number of esters is 1. The zero-order chi connectivity index (χ0) is 15.8. The lowest BCUT2D eigenvalue weighted by Gasteiger charge is -2.33. The number of nitrogens with zero attached hydrogens (tertiary/aromatic N) is 2. The monoisotopic (exact) mass is 298 g/mol. The van der Waals surface area contributed by atoms with Crippen molar-refractivity contribution in [2.45, 2.75) is 40.0 Å². The van der Waals surface area contributed by atoms with Crippen LogP contribution in [0, 0.1) is 5.92 Å². The van der Waals surface area contributed by atoms with Gasteiger partial charge in [-0.1, -0.05) is 6.92 Å². The van der Waals surface area contributed by atoms with E-state index in [1.807, 2.05) is 6.92 Å². The summed E-state index contributed by atoms with van der Waals surface area (Å²) < 4.78 is 4.92. The Kier molecular flexibility index (Phi) is 7.19. The Balaban J connectivity index is 2.56. The van der Waals surface area contributed by atoms with Gasteiger partial charge in [-0.15, -0.1) is 0 Å². The van der Waals surface area contributed by atoms with Crippen LogP contribution in [0.1, 0.15) is 40.0 Å². The topological polar surface area (TPSA) is 66.9 Å². The summed E-state index contributed by atoms with van der Waals surface area (Å²) in [6.07, 6.45) is 2.14. The Hall–Kier alpha value is -1.59. The Morgan fingerprint density at radius 2 is 1.81 bits per heavy atom. The summed E-state index contributed by atoms with van der Waals surface area (Å²) in [4.78, 5) is 38.8. The summed E-state index contributed by atoms with van der Waals surface area (Å²) in [6, 6.07) is 0. The Bertz CT molecular complexity index is 376. The molecule has 21 heavy (non-hydrogen) atoms. The molecular weight excluding hydrogens is 272 g/mol. The van der Waals surface area contributed by atoms with Gasteiger partial charge in [-0.25, -0.2) is 0 Å². The van der Waals surface area contributed by atoms with Gasteiger partial charge in [-0.3, -0.25) is 14.4 Å². The largest absolute Gasteiger partial charge is 0.465 e. The first-order valence-corrected chi connectivity index (χ1v) is 7.69. The summed E-state index contributed by atoms with van der Waals surface area (Å²) in [5.74, 6) is -0.395. The predicted molar refractivity (Wildman–Crippen MR) is 78.5 cm³/mol. The van der Waals surface area contributed by atoms with Crippen LogP contribution in [0.4, 0.5) is 0 Å². The van der Waals surface area contributed by atoms with Crippen molar-refractivity contribution in [1.29, 1.82) is 0 Å². The molecule has 0 N–H and O–H groups in total. The molecule has 0 aromatic rings. The number of hydrogen-bond donors (Lipinski definition) is 0. The molecule has 6 nitrogen and oxygen atoms in total. The third-order valence-electron chi connectivity index (χ3n) is 3.72. The van der Waals surface area contributed by atoms with Crippen LogP contribution in [0.5, 0.6) is 0 Å². The summed E-state index contributed by atoms with van der Waals surface area (Å²) in [5, 5.41) is 0. The van der Waals surface area contributed by atoms with E-state index >= 15 is 0 Å². The molecule has 1 aliphatic rings. The van der Waals surface area contributed by atoms with E-state index in [4.69, 9.17) is 4.74 Å². The molecule has 1 aliphatic heterocycles. The SMILES string of the molecule is CCCN(CC(=O)OCC)C(=O)C1CCN(C(C)=O)CC1. The van der Waals surface area contributed by atoms with Crippen LogP contribution in [0.15, 0.2) is 0 Å². The van der Waals surface area contributed by atoms with E-state index in [-0.39, 0.29) is 30.2 Å². The third-order valence-corrected chi connectivity index (χ3v) is 3.72. The maximum Gasteiger partial charge on any atom is 0.325 e. The van der Waals surface area contributed by atoms with Crippen LogP contribution in [-0.4, -0.2) is 60.4 Å². The molecule has 0 aromatic carbocycles. The summed E-state index contributed by atoms with van der Waals surface area (Å²) in [7, 11) is 0. The number of carbonyl (C=O) groups is 3. The second-order valence-corrected chi connectivity index (χ2v) is 5.35. The molecule has 2 amide bonds. The molecule has 1 rings (SSSR count). The second-order valence-electron chi connectivity index (χ2n) is 5.35. The molecule has 0 saturated carbocycles. The Morgan fingerprint density at radius 1 is 1.19 bits per heavy atom. The van der Waals surface area contributed by atoms with E-state index in [9.17, 15) is 14.4 Å². The van der Waals surface area contributed by atoms with Crippen molar-refractivity contribution in [1.82, 2.24) is 9.80 Å². The van der Waals surface area contributed by atoms with Crippen LogP contribution in [0.2, 0.25) is 0 Å². The minimum Gasteiger partial charge on any atom is -0.465 e. The number of piperidine rings is 1. The van der Waals surface area contributed by atoms with Crippen molar-refractivity contribution in [3.63, 3.8) is 0 Å². The average molecular weight is 298 g/mol. The van der Waals surface area contributed by atoms with Crippen molar-refractivity contribution >= 4 is 17.8 Å². The van der Waals surface area contributed by atoms with Crippen LogP contribution in [-0.2, 0) is 19.1 Å². The zero-order valence-corrected chi connectivity index (χ0v) is 13.3. The third kappa shape index (κ3) is 5.36. The molecular formula is C15H26N2O4. The van der Waals surface area contributed by atoms with Gasteiger partial charge < -0.3 is 14.5 Å². The number of carbonyl (C=O) groups excluding carboxylic acids is 3. The molecule has 6 heteroatoms. The maximum absolute atomic E-state index is 12.5. The zero-order valence-electron chi connectivity index (χ0n) is 13.3. The van der Waals surface area contributed by atoms with Gasteiger partial charge >= 0.3 is 5.97 Å². The van der Waals surface area contributed by atoms with E-state index in [0.717, 1.165) is 6.42 Å². The molecule has 0 radical (unpaired) electrons. The van der Waals surface area contributed by atoms with Crippen molar-refractivity contribution < 1.29 is 19.1 Å². The van der Waals surface area contributed by atoms with Gasteiger partial charge in [-0.2, -0.15) is 0 Å². The van der Waals surface area contributed by atoms with Crippen molar-refractivity contribution in [2.75, 3.05) is 32.8 Å². The minimum absolute atomic E-state index is 0.00750. The van der Waals surface area contributed by atoms with Gasteiger partial charge in [0.2, 0.25) is 11.8 Å². The smallest absolute Gasteiger partial charge is 0.325 e. The first kappa shape index (κ1) is 17.5. The number of likely N-dealkylation sites (tertiary alicyclic amines) is 1. The fourth-order valence-corrected chi connectivity index (χ4v) is 2.60. The maximum atomic E-state index is 12.5. The first-order chi connectivity index (χ1) is 9.99. The van der Waals surface area contributed by atoms with Crippen molar-refractivity contribution in [3.05, 3.63) is 0 Å². The molecule has 0 atom stereocenters. The second kappa shape index (κ2) is 8.64. The number of ether oxygens (including phenoxy) is 1. The first-order valence-electron chi connectivity index (χ1n) is 7.69. The molecule has 0 spiro atoms. The Morgan fingerprint density at radius 3 is 2.29 bits per heavy atom. The van der Waals surface area contributed by atoms with Crippen molar-refractivity contribution in [2.24, 2.45) is 5.92 Å². The fourth-order valence-electron chi connectivity index (χ4n) is 2.60. The van der Waals surface area contributed by atoms with E-state index < -0.39 is 0 Å². The molecule has 1 heterocycles. The summed E-state index contributed by atoms with van der Waals surface area (Å²) in [6.45, 7) is 7.41. The highest BCUT2D eigenvalue weighted by atomic mass is 16.5. The van der Waals surface area contributed by atoms with Gasteiger partial charge in [0.05, 0.1) is 6.61 Å². The van der Waals surface area contributed by atoms with E-state index in [0.29, 0.717) is 39.1 Å². The molecule has 0 unspecified atom stereocenters. The lowest BCUT2D eigenvalue weighted by Crippen LogP contribution is -2.45. The standard InChI is InChI=1S/C15H26N2O4/c1-4-8-17(11-14(19)21-5-2)15(20)13-6-9-16(10-7-13)12(3)18/h13H,4-11H2,1-3H3. The number of amides is 2. The lowest BCUT2D eigenvalue weighted by molar-refractivity contribution is -0.151. The molecule has 1 fully saturated rings. The van der Waals surface area contributed by atoms with Crippen LogP contribution in [0.3, 0.4) is 0 Å². The average Bonchev–Trinajstić information content (AvgIpc) is 2.46. The molecule has 1 saturated heterocycles. The fraction of sp³-hybridized carbons (Fsp3) is 0.800. The highest BCUT2D eigenvalue weighted by Gasteiger charge is 2.30. The highest BCUT2D eigenvalue weighted by molar-refractivity contribution is 5.84.